The average molecular weight is 287 g/mol. The molecule has 1 heterocycles. The lowest BCUT2D eigenvalue weighted by molar-refractivity contribution is -0.139. The molecule has 0 aromatic heterocycles. The topological polar surface area (TPSA) is 113 Å². The Morgan fingerprint density at radius 2 is 2.10 bits per heavy atom. The first-order valence-electron chi connectivity index (χ1n) is 6.48. The van der Waals surface area contributed by atoms with E-state index in [4.69, 9.17) is 15.6 Å². The van der Waals surface area contributed by atoms with Gasteiger partial charge in [0.05, 0.1) is 25.7 Å². The van der Waals surface area contributed by atoms with Gasteiger partial charge in [0.15, 0.2) is 0 Å². The molecule has 1 fully saturated rings. The summed E-state index contributed by atoms with van der Waals surface area (Å²) in [5.41, 5.74) is 5.14. The van der Waals surface area contributed by atoms with E-state index in [-0.39, 0.29) is 31.6 Å². The Morgan fingerprint density at radius 3 is 2.60 bits per heavy atom. The first-order chi connectivity index (χ1) is 9.32. The van der Waals surface area contributed by atoms with Crippen molar-refractivity contribution in [2.45, 2.75) is 32.4 Å². The first-order valence-corrected chi connectivity index (χ1v) is 6.48. The Morgan fingerprint density at radius 1 is 1.45 bits per heavy atom. The highest BCUT2D eigenvalue weighted by Gasteiger charge is 2.33. The molecule has 1 saturated heterocycles. The molecule has 3 N–H and O–H groups in total. The molecule has 114 valence electrons. The zero-order chi connectivity index (χ0) is 15.3. The number of primary amides is 1. The van der Waals surface area contributed by atoms with Gasteiger partial charge in [-0.25, -0.2) is 4.79 Å². The summed E-state index contributed by atoms with van der Waals surface area (Å²) < 4.78 is 5.22. The molecule has 1 rings (SSSR count). The van der Waals surface area contributed by atoms with Crippen LogP contribution in [0.1, 0.15) is 20.3 Å². The molecule has 1 aliphatic rings. The number of hydrogen-bond acceptors (Lipinski definition) is 4. The second-order valence-electron chi connectivity index (χ2n) is 4.99. The van der Waals surface area contributed by atoms with Gasteiger partial charge >= 0.3 is 12.0 Å². The van der Waals surface area contributed by atoms with E-state index in [2.05, 4.69) is 0 Å². The third kappa shape index (κ3) is 4.37. The van der Waals surface area contributed by atoms with E-state index in [1.165, 1.54) is 9.80 Å². The number of carboxylic acid groups (broad SMARTS) is 1. The number of morpholine rings is 1. The van der Waals surface area contributed by atoms with E-state index >= 15 is 0 Å². The van der Waals surface area contributed by atoms with E-state index in [1.54, 1.807) is 13.8 Å². The summed E-state index contributed by atoms with van der Waals surface area (Å²) in [6, 6.07) is -1.11. The maximum Gasteiger partial charge on any atom is 0.321 e. The molecule has 20 heavy (non-hydrogen) atoms. The number of ether oxygens (including phenoxy) is 1. The Labute approximate surface area is 117 Å². The minimum atomic E-state index is -0.996. The fourth-order valence-electron chi connectivity index (χ4n) is 2.08. The van der Waals surface area contributed by atoms with Crippen LogP contribution in [-0.4, -0.2) is 71.2 Å². The number of rotatable bonds is 5. The molecule has 0 saturated carbocycles. The van der Waals surface area contributed by atoms with Gasteiger partial charge in [0.25, 0.3) is 0 Å². The van der Waals surface area contributed by atoms with E-state index in [1.807, 2.05) is 0 Å². The second-order valence-corrected chi connectivity index (χ2v) is 4.99. The molecule has 3 amide bonds. The van der Waals surface area contributed by atoms with Crippen molar-refractivity contribution < 1.29 is 24.2 Å². The van der Waals surface area contributed by atoms with Gasteiger partial charge in [-0.15, -0.1) is 0 Å². The molecule has 1 aliphatic heterocycles. The van der Waals surface area contributed by atoms with Crippen molar-refractivity contribution in [2.75, 3.05) is 26.3 Å². The van der Waals surface area contributed by atoms with E-state index < -0.39 is 17.9 Å². The number of aliphatic carboxylic acids is 1. The molecule has 0 aromatic carbocycles. The summed E-state index contributed by atoms with van der Waals surface area (Å²) in [6.45, 7) is 4.19. The van der Waals surface area contributed by atoms with Crippen molar-refractivity contribution >= 4 is 17.9 Å². The fraction of sp³-hybridized carbons (Fsp3) is 0.750. The summed E-state index contributed by atoms with van der Waals surface area (Å²) in [4.78, 5) is 37.1. The largest absolute Gasteiger partial charge is 0.481 e. The summed E-state index contributed by atoms with van der Waals surface area (Å²) in [5.74, 6) is -1.60. The van der Waals surface area contributed by atoms with Crippen LogP contribution in [0.4, 0.5) is 4.79 Å². The van der Waals surface area contributed by atoms with E-state index in [0.29, 0.717) is 13.2 Å². The zero-order valence-electron chi connectivity index (χ0n) is 11.7. The highest BCUT2D eigenvalue weighted by atomic mass is 16.5. The van der Waals surface area contributed by atoms with Gasteiger partial charge in [-0.05, 0) is 13.8 Å². The van der Waals surface area contributed by atoms with Crippen molar-refractivity contribution in [3.8, 4) is 0 Å². The Bertz CT molecular complexity index is 385. The highest BCUT2D eigenvalue weighted by Crippen LogP contribution is 2.15. The van der Waals surface area contributed by atoms with Crippen LogP contribution in [0.5, 0.6) is 0 Å². The van der Waals surface area contributed by atoms with Crippen molar-refractivity contribution in [3.05, 3.63) is 0 Å². The van der Waals surface area contributed by atoms with Crippen molar-refractivity contribution in [1.82, 2.24) is 9.80 Å². The molecule has 1 unspecified atom stereocenters. The van der Waals surface area contributed by atoms with Crippen LogP contribution in [0.15, 0.2) is 0 Å². The lowest BCUT2D eigenvalue weighted by Crippen LogP contribution is -2.56. The number of amides is 3. The SMILES string of the molecule is CC(C)N(CC(N)=O)C(=O)N1CCOCC1CC(=O)O. The molecule has 0 aliphatic carbocycles. The Hall–Kier alpha value is -1.83. The number of carbonyl (C=O) groups excluding carboxylic acids is 2. The van der Waals surface area contributed by atoms with Crippen LogP contribution >= 0.6 is 0 Å². The number of carboxylic acids is 1. The van der Waals surface area contributed by atoms with Gasteiger partial charge < -0.3 is 25.4 Å². The summed E-state index contributed by atoms with van der Waals surface area (Å²) in [7, 11) is 0. The minimum absolute atomic E-state index is 0.181. The Kier molecular flexibility index (Phi) is 5.75. The van der Waals surface area contributed by atoms with Crippen molar-refractivity contribution in [2.24, 2.45) is 5.73 Å². The highest BCUT2D eigenvalue weighted by molar-refractivity contribution is 5.83. The number of nitrogens with zero attached hydrogens (tertiary/aromatic N) is 2. The number of urea groups is 1. The number of carbonyl (C=O) groups is 3. The van der Waals surface area contributed by atoms with Crippen molar-refractivity contribution in [1.29, 1.82) is 0 Å². The predicted molar refractivity (Wildman–Crippen MR) is 70.0 cm³/mol. The molecule has 0 bridgehead atoms. The lowest BCUT2D eigenvalue weighted by atomic mass is 10.1. The summed E-state index contributed by atoms with van der Waals surface area (Å²) in [6.07, 6.45) is -0.186. The predicted octanol–water partition coefficient (Wildman–Crippen LogP) is -0.522. The summed E-state index contributed by atoms with van der Waals surface area (Å²) in [5, 5.41) is 8.88. The summed E-state index contributed by atoms with van der Waals surface area (Å²) >= 11 is 0. The minimum Gasteiger partial charge on any atom is -0.481 e. The molecule has 0 aromatic rings. The van der Waals surface area contributed by atoms with Crippen LogP contribution in [-0.2, 0) is 14.3 Å². The van der Waals surface area contributed by atoms with Crippen LogP contribution in [0.3, 0.4) is 0 Å². The van der Waals surface area contributed by atoms with E-state index in [9.17, 15) is 14.4 Å². The molecule has 0 radical (unpaired) electrons. The molecular formula is C12H21N3O5. The van der Waals surface area contributed by atoms with Crippen molar-refractivity contribution in [3.63, 3.8) is 0 Å². The normalized spacial score (nSPS) is 18.9. The number of hydrogen-bond donors (Lipinski definition) is 2. The van der Waals surface area contributed by atoms with E-state index in [0.717, 1.165) is 0 Å². The van der Waals surface area contributed by atoms with Gasteiger partial charge in [0.1, 0.15) is 6.54 Å². The maximum atomic E-state index is 12.5. The first kappa shape index (κ1) is 16.2. The van der Waals surface area contributed by atoms with Crippen LogP contribution < -0.4 is 5.73 Å². The molecule has 1 atom stereocenters. The van der Waals surface area contributed by atoms with Gasteiger partial charge in [-0.2, -0.15) is 0 Å². The van der Waals surface area contributed by atoms with Gasteiger partial charge in [-0.1, -0.05) is 0 Å². The molecule has 8 nitrogen and oxygen atoms in total. The second kappa shape index (κ2) is 7.09. The van der Waals surface area contributed by atoms with Gasteiger partial charge in [0, 0.05) is 12.6 Å². The van der Waals surface area contributed by atoms with Gasteiger partial charge in [0.2, 0.25) is 5.91 Å². The van der Waals surface area contributed by atoms with Gasteiger partial charge in [-0.3, -0.25) is 9.59 Å². The Balaban J connectivity index is 2.83. The zero-order valence-corrected chi connectivity index (χ0v) is 11.7. The standard InChI is InChI=1S/C12H21N3O5/c1-8(2)15(6-10(13)16)12(19)14-3-4-20-7-9(14)5-11(17)18/h8-9H,3-7H2,1-2H3,(H2,13,16)(H,17,18). The van der Waals surface area contributed by atoms with Crippen LogP contribution in [0, 0.1) is 0 Å². The third-order valence-corrected chi connectivity index (χ3v) is 3.08. The monoisotopic (exact) mass is 287 g/mol. The third-order valence-electron chi connectivity index (χ3n) is 3.08. The molecule has 0 spiro atoms. The lowest BCUT2D eigenvalue weighted by Gasteiger charge is -2.39. The molecule has 8 heteroatoms. The van der Waals surface area contributed by atoms with Crippen LogP contribution in [0.2, 0.25) is 0 Å². The number of nitrogens with two attached hydrogens (primary N) is 1. The molecular weight excluding hydrogens is 266 g/mol. The maximum absolute atomic E-state index is 12.5. The fourth-order valence-corrected chi connectivity index (χ4v) is 2.08. The smallest absolute Gasteiger partial charge is 0.321 e. The van der Waals surface area contributed by atoms with Crippen LogP contribution in [0.25, 0.3) is 0 Å². The average Bonchev–Trinajstić information content (AvgIpc) is 2.34. The quantitative estimate of drug-likeness (QED) is 0.706.